The fraction of sp³-hybridized carbons (Fsp3) is 0.182. The summed E-state index contributed by atoms with van der Waals surface area (Å²) in [5.74, 6) is 0. The summed E-state index contributed by atoms with van der Waals surface area (Å²) in [7, 11) is 3.21. The topological polar surface area (TPSA) is 48.9 Å². The average molecular weight is 438 g/mol. The van der Waals surface area contributed by atoms with Gasteiger partial charge in [0.2, 0.25) is 0 Å². The minimum absolute atomic E-state index is 0.293. The predicted octanol–water partition coefficient (Wildman–Crippen LogP) is 4.07. The number of fused-ring (bicyclic) bond motifs is 1. The fourth-order valence-corrected chi connectivity index (χ4v) is 3.78. The van der Waals surface area contributed by atoms with E-state index in [9.17, 15) is 9.59 Å². The summed E-state index contributed by atoms with van der Waals surface area (Å²) in [6, 6.07) is 14.0. The molecule has 0 saturated carbocycles. The molecule has 0 spiro atoms. The largest absolute Gasteiger partial charge is 0.330 e. The molecule has 2 aromatic heterocycles. The van der Waals surface area contributed by atoms with Gasteiger partial charge >= 0.3 is 5.69 Å². The van der Waals surface area contributed by atoms with Gasteiger partial charge in [-0.25, -0.2) is 4.79 Å². The quantitative estimate of drug-likeness (QED) is 0.474. The van der Waals surface area contributed by atoms with E-state index in [1.807, 2.05) is 41.1 Å². The second-order valence-electron chi connectivity index (χ2n) is 7.09. The van der Waals surface area contributed by atoms with Gasteiger partial charge in [0.05, 0.1) is 16.6 Å². The second-order valence-corrected chi connectivity index (χ2v) is 8.00. The molecule has 4 rings (SSSR count). The van der Waals surface area contributed by atoms with Crippen LogP contribution in [-0.4, -0.2) is 13.7 Å². The number of benzene rings is 2. The number of nitrogens with zero attached hydrogens (tertiary/aromatic N) is 3. The van der Waals surface area contributed by atoms with E-state index in [2.05, 4.69) is 41.9 Å². The normalized spacial score (nSPS) is 11.3. The van der Waals surface area contributed by atoms with E-state index in [1.54, 1.807) is 7.05 Å². The van der Waals surface area contributed by atoms with Crippen LogP contribution >= 0.6 is 15.9 Å². The molecule has 2 heterocycles. The highest BCUT2D eigenvalue weighted by molar-refractivity contribution is 9.10. The van der Waals surface area contributed by atoms with Gasteiger partial charge in [0, 0.05) is 30.5 Å². The molecular weight excluding hydrogens is 418 g/mol. The summed E-state index contributed by atoms with van der Waals surface area (Å²) in [4.78, 5) is 25.5. The Labute approximate surface area is 170 Å². The van der Waals surface area contributed by atoms with Crippen molar-refractivity contribution >= 4 is 26.8 Å². The Balaban J connectivity index is 2.19. The van der Waals surface area contributed by atoms with Crippen molar-refractivity contribution in [3.63, 3.8) is 0 Å². The molecule has 0 radical (unpaired) electrons. The summed E-state index contributed by atoms with van der Waals surface area (Å²) in [6.07, 6.45) is 1.87. The predicted molar refractivity (Wildman–Crippen MR) is 116 cm³/mol. The smallest absolute Gasteiger partial charge is 0.314 e. The first-order valence-corrected chi connectivity index (χ1v) is 9.73. The minimum atomic E-state index is -0.336. The highest BCUT2D eigenvalue weighted by Crippen LogP contribution is 2.32. The molecule has 5 nitrogen and oxygen atoms in total. The van der Waals surface area contributed by atoms with Gasteiger partial charge in [0.15, 0.2) is 0 Å². The van der Waals surface area contributed by atoms with Crippen molar-refractivity contribution in [1.82, 2.24) is 13.7 Å². The molecule has 0 saturated heterocycles. The van der Waals surface area contributed by atoms with Crippen LogP contribution in [0.4, 0.5) is 0 Å². The zero-order valence-electron chi connectivity index (χ0n) is 16.2. The van der Waals surface area contributed by atoms with Crippen LogP contribution < -0.4 is 11.2 Å². The van der Waals surface area contributed by atoms with Gasteiger partial charge in [0.1, 0.15) is 0 Å². The van der Waals surface area contributed by atoms with Crippen LogP contribution in [0, 0.1) is 13.8 Å². The Hall–Kier alpha value is -2.86. The van der Waals surface area contributed by atoms with Crippen molar-refractivity contribution in [2.24, 2.45) is 14.1 Å². The van der Waals surface area contributed by atoms with Crippen LogP contribution in [0.5, 0.6) is 0 Å². The molecule has 0 aliphatic carbocycles. The Morgan fingerprint density at radius 2 is 1.54 bits per heavy atom. The van der Waals surface area contributed by atoms with Gasteiger partial charge < -0.3 is 4.57 Å². The minimum Gasteiger partial charge on any atom is -0.314 e. The summed E-state index contributed by atoms with van der Waals surface area (Å²) in [5, 5.41) is 0.533. The molecule has 0 bridgehead atoms. The summed E-state index contributed by atoms with van der Waals surface area (Å²) < 4.78 is 5.65. The molecule has 6 heteroatoms. The highest BCUT2D eigenvalue weighted by Gasteiger charge is 2.20. The van der Waals surface area contributed by atoms with Crippen LogP contribution in [0.3, 0.4) is 0 Å². The Morgan fingerprint density at radius 3 is 2.18 bits per heavy atom. The Kier molecular flexibility index (Phi) is 4.38. The van der Waals surface area contributed by atoms with Gasteiger partial charge in [0.25, 0.3) is 5.56 Å². The summed E-state index contributed by atoms with van der Waals surface area (Å²) in [5.41, 5.74) is 4.99. The maximum absolute atomic E-state index is 13.1. The molecule has 2 aromatic carbocycles. The van der Waals surface area contributed by atoms with Gasteiger partial charge in [-0.3, -0.25) is 13.9 Å². The molecule has 0 fully saturated rings. The number of hydrogen-bond acceptors (Lipinski definition) is 2. The van der Waals surface area contributed by atoms with Crippen molar-refractivity contribution in [1.29, 1.82) is 0 Å². The average Bonchev–Trinajstić information content (AvgIpc) is 3.08. The Bertz CT molecular complexity index is 1340. The first-order valence-electron chi connectivity index (χ1n) is 8.94. The summed E-state index contributed by atoms with van der Waals surface area (Å²) in [6.45, 7) is 4.14. The van der Waals surface area contributed by atoms with Crippen molar-refractivity contribution in [2.75, 3.05) is 0 Å². The van der Waals surface area contributed by atoms with Gasteiger partial charge in [-0.05, 0) is 54.8 Å². The van der Waals surface area contributed by atoms with Crippen LogP contribution in [0.1, 0.15) is 11.1 Å². The molecule has 142 valence electrons. The molecule has 0 amide bonds. The fourth-order valence-electron chi connectivity index (χ4n) is 3.51. The van der Waals surface area contributed by atoms with E-state index < -0.39 is 0 Å². The molecule has 0 atom stereocenters. The van der Waals surface area contributed by atoms with E-state index in [-0.39, 0.29) is 11.2 Å². The molecule has 4 aromatic rings. The SMILES string of the molecule is Cc1ccc(-n2cc3c(c2-c2ccc(Br)cc2)c(=O)n(C)c(=O)n3C)cc1C. The maximum Gasteiger partial charge on any atom is 0.330 e. The lowest BCUT2D eigenvalue weighted by atomic mass is 10.1. The van der Waals surface area contributed by atoms with Crippen LogP contribution in [0.25, 0.3) is 27.8 Å². The molecule has 0 aliphatic rings. The lowest BCUT2D eigenvalue weighted by molar-refractivity contribution is 0.714. The maximum atomic E-state index is 13.1. The van der Waals surface area contributed by atoms with Gasteiger partial charge in [-0.1, -0.05) is 34.1 Å². The van der Waals surface area contributed by atoms with Crippen molar-refractivity contribution in [3.8, 4) is 16.9 Å². The monoisotopic (exact) mass is 437 g/mol. The standard InChI is InChI=1S/C22H20BrN3O2/c1-13-5-10-17(11-14(13)2)26-12-18-19(21(27)25(4)22(28)24(18)3)20(26)15-6-8-16(23)9-7-15/h5-12H,1-4H3. The summed E-state index contributed by atoms with van der Waals surface area (Å²) >= 11 is 3.47. The number of halogens is 1. The zero-order valence-corrected chi connectivity index (χ0v) is 17.7. The van der Waals surface area contributed by atoms with Gasteiger partial charge in [-0.15, -0.1) is 0 Å². The molecule has 0 N–H and O–H groups in total. The van der Waals surface area contributed by atoms with Crippen LogP contribution in [0.2, 0.25) is 0 Å². The molecule has 0 unspecified atom stereocenters. The van der Waals surface area contributed by atoms with E-state index in [1.165, 1.54) is 22.7 Å². The highest BCUT2D eigenvalue weighted by atomic mass is 79.9. The van der Waals surface area contributed by atoms with Crippen molar-refractivity contribution in [3.05, 3.63) is 85.1 Å². The number of aromatic nitrogens is 3. The Morgan fingerprint density at radius 1 is 0.857 bits per heavy atom. The van der Waals surface area contributed by atoms with Crippen LogP contribution in [0.15, 0.2) is 62.7 Å². The number of hydrogen-bond donors (Lipinski definition) is 0. The lowest BCUT2D eigenvalue weighted by Crippen LogP contribution is -2.36. The number of aryl methyl sites for hydroxylation is 3. The zero-order chi connectivity index (χ0) is 20.2. The van der Waals surface area contributed by atoms with E-state index in [0.717, 1.165) is 26.0 Å². The molecule has 28 heavy (non-hydrogen) atoms. The third-order valence-electron chi connectivity index (χ3n) is 5.33. The molecular formula is C22H20BrN3O2. The van der Waals surface area contributed by atoms with E-state index in [0.29, 0.717) is 10.9 Å². The third-order valence-corrected chi connectivity index (χ3v) is 5.85. The van der Waals surface area contributed by atoms with Crippen molar-refractivity contribution in [2.45, 2.75) is 13.8 Å². The second kappa shape index (κ2) is 6.63. The lowest BCUT2D eigenvalue weighted by Gasteiger charge is -2.12. The third kappa shape index (κ3) is 2.76. The van der Waals surface area contributed by atoms with E-state index >= 15 is 0 Å². The van der Waals surface area contributed by atoms with E-state index in [4.69, 9.17) is 0 Å². The first-order chi connectivity index (χ1) is 13.3. The van der Waals surface area contributed by atoms with Gasteiger partial charge in [-0.2, -0.15) is 0 Å². The number of rotatable bonds is 2. The van der Waals surface area contributed by atoms with Crippen LogP contribution in [-0.2, 0) is 14.1 Å². The van der Waals surface area contributed by atoms with Crippen molar-refractivity contribution < 1.29 is 0 Å². The first kappa shape index (κ1) is 18.5. The molecule has 0 aliphatic heterocycles.